The maximum Gasteiger partial charge on any atom is 0.257 e. The number of halogens is 3. The summed E-state index contributed by atoms with van der Waals surface area (Å²) in [6.07, 6.45) is 2.02. The number of unbranched alkanes of at least 4 members (excludes halogenated alkanes) is 2. The first-order chi connectivity index (χ1) is 19.0. The highest BCUT2D eigenvalue weighted by Gasteiger charge is 2.54. The Hall–Kier alpha value is -2.67. The molecule has 0 radical (unpaired) electrons. The second kappa shape index (κ2) is 11.0. The number of hydrogen-bond acceptors (Lipinski definition) is 8. The fourth-order valence-corrected chi connectivity index (χ4v) is 7.46. The molecule has 2 aliphatic heterocycles. The number of anilines is 1. The summed E-state index contributed by atoms with van der Waals surface area (Å²) in [4.78, 5) is 1.00. The molecule has 3 aliphatic rings. The molecule has 2 saturated heterocycles. The summed E-state index contributed by atoms with van der Waals surface area (Å²) in [5.74, 6) is -1.03. The quantitative estimate of drug-likeness (QED) is 0.228. The van der Waals surface area contributed by atoms with Crippen molar-refractivity contribution in [1.29, 1.82) is 10.7 Å². The van der Waals surface area contributed by atoms with Crippen LogP contribution >= 0.6 is 11.8 Å². The Balaban J connectivity index is 1.50. The molecule has 216 valence electrons. The van der Waals surface area contributed by atoms with Gasteiger partial charge in [-0.1, -0.05) is 0 Å². The van der Waals surface area contributed by atoms with Crippen LogP contribution in [0.2, 0.25) is 0 Å². The molecule has 1 aromatic carbocycles. The van der Waals surface area contributed by atoms with E-state index in [1.54, 1.807) is 4.90 Å². The van der Waals surface area contributed by atoms with Gasteiger partial charge in [-0.15, -0.1) is 0 Å². The second-order valence-corrected chi connectivity index (χ2v) is 13.6. The van der Waals surface area contributed by atoms with Crippen LogP contribution < -0.4 is 15.0 Å². The zero-order valence-electron chi connectivity index (χ0n) is 21.8. The maximum atomic E-state index is 16.2. The summed E-state index contributed by atoms with van der Waals surface area (Å²) in [6, 6.07) is 3.11. The lowest BCUT2D eigenvalue weighted by Crippen LogP contribution is -2.51. The fourth-order valence-electron chi connectivity index (χ4n) is 5.20. The molecule has 3 fully saturated rings. The van der Waals surface area contributed by atoms with Crippen molar-refractivity contribution in [3.8, 4) is 6.07 Å². The average Bonchev–Trinajstić information content (AvgIpc) is 3.54. The highest BCUT2D eigenvalue weighted by Crippen LogP contribution is 2.45. The van der Waals surface area contributed by atoms with Crippen molar-refractivity contribution in [2.45, 2.75) is 68.2 Å². The van der Waals surface area contributed by atoms with Gasteiger partial charge in [0.15, 0.2) is 11.0 Å². The number of benzene rings is 1. The minimum Gasteiger partial charge on any atom is -0.380 e. The van der Waals surface area contributed by atoms with Gasteiger partial charge in [0.1, 0.15) is 4.90 Å². The molecule has 1 aliphatic carbocycles. The van der Waals surface area contributed by atoms with Crippen LogP contribution in [0.1, 0.15) is 51.4 Å². The Morgan fingerprint density at radius 1 is 1.27 bits per heavy atom. The summed E-state index contributed by atoms with van der Waals surface area (Å²) in [5, 5.41) is 28.2. The Kier molecular flexibility index (Phi) is 7.90. The molecule has 5 rings (SSSR count). The van der Waals surface area contributed by atoms with Gasteiger partial charge in [-0.05, 0) is 44.6 Å². The molecule has 10 nitrogen and oxygen atoms in total. The first-order valence-corrected chi connectivity index (χ1v) is 15.4. The monoisotopic (exact) mass is 598 g/mol. The summed E-state index contributed by atoms with van der Waals surface area (Å²) in [7, 11) is -4.69. The van der Waals surface area contributed by atoms with Crippen LogP contribution in [0.15, 0.2) is 17.2 Å². The van der Waals surface area contributed by atoms with E-state index in [0.29, 0.717) is 62.4 Å². The Morgan fingerprint density at radius 3 is 2.55 bits per heavy atom. The van der Waals surface area contributed by atoms with E-state index < -0.39 is 32.7 Å². The van der Waals surface area contributed by atoms with E-state index in [1.807, 2.05) is 4.72 Å². The molecular weight excluding hydrogens is 567 g/mol. The number of hydrogen-bond donors (Lipinski definition) is 3. The normalized spacial score (nSPS) is 19.5. The van der Waals surface area contributed by atoms with E-state index in [1.165, 1.54) is 10.9 Å². The van der Waals surface area contributed by atoms with E-state index in [2.05, 4.69) is 11.2 Å². The van der Waals surface area contributed by atoms with E-state index in [4.69, 9.17) is 20.8 Å². The number of ether oxygens (including phenoxy) is 1. The Bertz CT molecular complexity index is 1470. The smallest absolute Gasteiger partial charge is 0.257 e. The summed E-state index contributed by atoms with van der Waals surface area (Å²) < 4.78 is 78.7. The van der Waals surface area contributed by atoms with Crippen LogP contribution in [0.5, 0.6) is 0 Å². The number of nitriles is 1. The van der Waals surface area contributed by atoms with Gasteiger partial charge >= 0.3 is 0 Å². The molecule has 2 aromatic rings. The molecule has 0 atom stereocenters. The van der Waals surface area contributed by atoms with Gasteiger partial charge in [-0.2, -0.15) is 15.1 Å². The van der Waals surface area contributed by atoms with E-state index in [-0.39, 0.29) is 34.6 Å². The molecule has 3 heterocycles. The van der Waals surface area contributed by atoms with Crippen molar-refractivity contribution in [2.75, 3.05) is 31.2 Å². The van der Waals surface area contributed by atoms with Gasteiger partial charge in [-0.3, -0.25) is 10.8 Å². The lowest BCUT2D eigenvalue weighted by atomic mass is 9.76. The Morgan fingerprint density at radius 2 is 1.98 bits per heavy atom. The number of rotatable bonds is 9. The third kappa shape index (κ3) is 5.46. The molecular formula is C25H31F3N7O3S2+. The number of fused-ring (bicyclic) bond motifs is 1. The largest absolute Gasteiger partial charge is 0.380 e. The SMILES string of the molecule is N#CCCCCC(=[NH2+])SC(=N)n1ncc2c(N3CCC4(CC3)COC4)c(F)c(S(=O)(=O)NC3(C(F)F)CC3)cc21. The summed E-state index contributed by atoms with van der Waals surface area (Å²) >= 11 is 0.933. The number of alkyl halides is 2. The van der Waals surface area contributed by atoms with Gasteiger partial charge in [0.2, 0.25) is 15.1 Å². The van der Waals surface area contributed by atoms with Crippen molar-refractivity contribution in [1.82, 2.24) is 14.5 Å². The lowest BCUT2D eigenvalue weighted by molar-refractivity contribution is -0.124. The van der Waals surface area contributed by atoms with E-state index in [0.717, 1.165) is 30.7 Å². The highest BCUT2D eigenvalue weighted by molar-refractivity contribution is 8.26. The predicted octanol–water partition coefficient (Wildman–Crippen LogP) is 2.63. The second-order valence-electron chi connectivity index (χ2n) is 10.8. The molecule has 40 heavy (non-hydrogen) atoms. The Labute approximate surface area is 234 Å². The fraction of sp³-hybridized carbons (Fsp3) is 0.600. The van der Waals surface area contributed by atoms with Crippen LogP contribution in [-0.4, -0.2) is 66.7 Å². The van der Waals surface area contributed by atoms with Crippen molar-refractivity contribution in [3.63, 3.8) is 0 Å². The molecule has 0 amide bonds. The predicted molar refractivity (Wildman–Crippen MR) is 144 cm³/mol. The number of aromatic nitrogens is 2. The zero-order chi connectivity index (χ0) is 28.7. The third-order valence-electron chi connectivity index (χ3n) is 7.93. The number of nitrogens with zero attached hydrogens (tertiary/aromatic N) is 4. The van der Waals surface area contributed by atoms with Crippen molar-refractivity contribution in [3.05, 3.63) is 18.1 Å². The van der Waals surface area contributed by atoms with E-state index in [9.17, 15) is 17.2 Å². The number of piperidine rings is 1. The van der Waals surface area contributed by atoms with Crippen molar-refractivity contribution in [2.24, 2.45) is 5.41 Å². The van der Waals surface area contributed by atoms with Crippen LogP contribution in [0.25, 0.3) is 10.9 Å². The molecule has 15 heteroatoms. The lowest BCUT2D eigenvalue weighted by Gasteiger charge is -2.48. The zero-order valence-corrected chi connectivity index (χ0v) is 23.4. The number of nitrogens with one attached hydrogen (secondary N) is 2. The molecule has 0 unspecified atom stereocenters. The first-order valence-electron chi connectivity index (χ1n) is 13.1. The van der Waals surface area contributed by atoms with Gasteiger partial charge in [0.05, 0.1) is 42.2 Å². The molecule has 1 saturated carbocycles. The van der Waals surface area contributed by atoms with Crippen molar-refractivity contribution < 1.29 is 31.7 Å². The van der Waals surface area contributed by atoms with Crippen LogP contribution in [-0.2, 0) is 14.8 Å². The van der Waals surface area contributed by atoms with Crippen LogP contribution in [0, 0.1) is 28.0 Å². The third-order valence-corrected chi connectivity index (χ3v) is 10.3. The average molecular weight is 599 g/mol. The van der Waals surface area contributed by atoms with Gasteiger partial charge in [-0.25, -0.2) is 26.3 Å². The maximum absolute atomic E-state index is 16.2. The number of sulfonamides is 1. The molecule has 1 spiro atoms. The highest BCUT2D eigenvalue weighted by atomic mass is 32.2. The standard InChI is InChI=1S/C25H30F3N7O3S2/c26-20-18(40(36,37)33-25(5-6-25)22(27)28)12-17-16(21(20)34-10-7-24(8-11-34)14-38-15-24)13-32-35(17)23(31)39-19(30)4-2-1-3-9-29/h12-13,22,30-31,33H,1-8,10-11,14-15H2/p+1. The number of nitrogens with two attached hydrogens (primary N) is 1. The first kappa shape index (κ1) is 28.8. The van der Waals surface area contributed by atoms with Gasteiger partial charge < -0.3 is 9.64 Å². The van der Waals surface area contributed by atoms with Gasteiger partial charge in [0, 0.05) is 48.5 Å². The van der Waals surface area contributed by atoms with Gasteiger partial charge in [0.25, 0.3) is 6.43 Å². The summed E-state index contributed by atoms with van der Waals surface area (Å²) in [5.41, 5.74) is -1.69. The minimum absolute atomic E-state index is 0.0207. The molecule has 0 bridgehead atoms. The topological polar surface area (TPSA) is 150 Å². The molecule has 4 N–H and O–H groups in total. The summed E-state index contributed by atoms with van der Waals surface area (Å²) in [6.45, 7) is 2.17. The van der Waals surface area contributed by atoms with Crippen molar-refractivity contribution >= 4 is 48.6 Å². The van der Waals surface area contributed by atoms with Crippen LogP contribution in [0.3, 0.4) is 0 Å². The number of thioether (sulfide) groups is 1. The van der Waals surface area contributed by atoms with Crippen LogP contribution in [0.4, 0.5) is 18.9 Å². The minimum atomic E-state index is -4.69. The molecule has 1 aromatic heterocycles. The van der Waals surface area contributed by atoms with E-state index >= 15 is 4.39 Å².